The molecule has 0 saturated heterocycles. The summed E-state index contributed by atoms with van der Waals surface area (Å²) < 4.78 is 173. The molecule has 0 amide bonds. The highest BCUT2D eigenvalue weighted by molar-refractivity contribution is 7.90. The molecule has 0 aliphatic rings. The van der Waals surface area contributed by atoms with Crippen LogP contribution >= 0.6 is 30.4 Å². The molecule has 0 saturated carbocycles. The first-order valence-electron chi connectivity index (χ1n) is 42.7. The van der Waals surface area contributed by atoms with Crippen LogP contribution in [0.5, 0.6) is 0 Å². The molecule has 52 heteroatoms. The second-order valence-electron chi connectivity index (χ2n) is 31.2. The van der Waals surface area contributed by atoms with Crippen molar-refractivity contribution >= 4 is 114 Å². The number of benzene rings is 4. The lowest BCUT2D eigenvalue weighted by Crippen LogP contribution is -2.13. The van der Waals surface area contributed by atoms with Gasteiger partial charge in [-0.2, -0.15) is 19.9 Å². The molecule has 0 bridgehead atoms. The van der Waals surface area contributed by atoms with Gasteiger partial charge in [-0.25, -0.2) is 33.2 Å². The number of aromatic amines is 4. The summed E-state index contributed by atoms with van der Waals surface area (Å²) in [6.07, 6.45) is 5.74. The average molecular weight is 2020 g/mol. The Bertz CT molecular complexity index is 7320. The van der Waals surface area contributed by atoms with Crippen LogP contribution < -0.4 is 45.2 Å². The van der Waals surface area contributed by atoms with Crippen molar-refractivity contribution in [2.45, 2.75) is 125 Å². The summed E-state index contributed by atoms with van der Waals surface area (Å²) in [5.74, 6) is 4.82. The second-order valence-corrected chi connectivity index (χ2v) is 41.2. The fourth-order valence-electron chi connectivity index (χ4n) is 12.8. The quantitative estimate of drug-likeness (QED) is 0.00998. The molecule has 740 valence electrons. The third kappa shape index (κ3) is 30.3. The summed E-state index contributed by atoms with van der Waals surface area (Å²) in [6.45, 7) is 19.8. The van der Waals surface area contributed by atoms with Crippen LogP contribution in [-0.2, 0) is 162 Å². The summed E-state index contributed by atoms with van der Waals surface area (Å²) in [5, 5.41) is 0. The molecule has 12 aromatic heterocycles. The molecule has 0 spiro atoms. The number of sulfone groups is 1. The largest absolute Gasteiger partial charge is 0.464 e. The van der Waals surface area contributed by atoms with Crippen LogP contribution in [0.1, 0.15) is 79.5 Å². The molecule has 16 rings (SSSR count). The maximum Gasteiger partial charge on any atom is 0.356 e. The molecule has 0 aliphatic heterocycles. The van der Waals surface area contributed by atoms with Gasteiger partial charge in [-0.15, -0.1) is 0 Å². The van der Waals surface area contributed by atoms with Crippen LogP contribution in [-0.4, -0.2) is 145 Å². The Hall–Kier alpha value is -13.5. The number of fused-ring (bicyclic) bond motifs is 4. The van der Waals surface area contributed by atoms with E-state index in [1.807, 2.05) is 76.2 Å². The smallest absolute Gasteiger partial charge is 0.356 e. The minimum absolute atomic E-state index is 0.00395. The fraction of sp³-hybridized carbons (Fsp3) is 0.307. The number of H-pyrrole nitrogens is 4. The summed E-state index contributed by atoms with van der Waals surface area (Å²) in [6, 6.07) is 42.3. The van der Waals surface area contributed by atoms with Crippen LogP contribution in [0.4, 0.5) is 29.5 Å². The predicted molar refractivity (Wildman–Crippen MR) is 511 cm³/mol. The van der Waals surface area contributed by atoms with Crippen LogP contribution in [0.3, 0.4) is 0 Å². The number of anilines is 4. The van der Waals surface area contributed by atoms with E-state index in [1.165, 1.54) is 37.4 Å². The minimum atomic E-state index is -3.77. The molecule has 140 heavy (non-hydrogen) atoms. The number of nitrogen functional groups attached to an aromatic ring is 4. The average Bonchev–Trinajstić information content (AvgIpc) is 1.65. The predicted octanol–water partition coefficient (Wildman–Crippen LogP) is 13.4. The number of aryl methyl sites for hydroxylation is 6. The Morgan fingerprint density at radius 3 is 0.793 bits per heavy atom. The van der Waals surface area contributed by atoms with Gasteiger partial charge in [-0.05, 0) is 124 Å². The number of ether oxygens (including phenoxy) is 4. The topological polar surface area (TPSA) is 628 Å². The van der Waals surface area contributed by atoms with Crippen LogP contribution in [0.15, 0.2) is 213 Å². The van der Waals surface area contributed by atoms with Gasteiger partial charge >= 0.3 is 30.4 Å². The first kappa shape index (κ1) is 104. The van der Waals surface area contributed by atoms with E-state index in [1.54, 1.807) is 117 Å². The van der Waals surface area contributed by atoms with Crippen LogP contribution in [0.25, 0.3) is 49.5 Å². The number of nitrogens with two attached hydrogens (primary N) is 4. The van der Waals surface area contributed by atoms with E-state index in [0.717, 1.165) is 45.6 Å². The zero-order chi connectivity index (χ0) is 99.7. The van der Waals surface area contributed by atoms with Crippen molar-refractivity contribution in [1.82, 2.24) is 78.1 Å². The molecular weight excluding hydrogens is 1920 g/mol. The van der Waals surface area contributed by atoms with Crippen molar-refractivity contribution in [3.8, 4) is 0 Å². The van der Waals surface area contributed by atoms with E-state index in [0.29, 0.717) is 81.5 Å². The summed E-state index contributed by atoms with van der Waals surface area (Å²) in [5.41, 5.74) is 28.5. The molecule has 0 aliphatic carbocycles. The Morgan fingerprint density at radius 2 is 0.571 bits per heavy atom. The minimum Gasteiger partial charge on any atom is -0.464 e. The Labute approximate surface area is 797 Å². The number of imidazole rings is 4. The maximum absolute atomic E-state index is 13.5. The first-order chi connectivity index (χ1) is 67.0. The zero-order valence-corrected chi connectivity index (χ0v) is 81.1. The number of hydrogen-bond donors (Lipinski definition) is 8. The molecular formula is C88H101N21O26P4S. The van der Waals surface area contributed by atoms with E-state index in [2.05, 4.69) is 64.7 Å². The van der Waals surface area contributed by atoms with Gasteiger partial charge in [-0.1, -0.05) is 96.1 Å². The maximum atomic E-state index is 13.5. The Balaban J connectivity index is 0.000000157. The lowest BCUT2D eigenvalue weighted by Gasteiger charge is -2.18. The number of nitrogens with zero attached hydrogens (tertiary/aromatic N) is 13. The second kappa shape index (κ2) is 47.9. The molecule has 16 aromatic rings. The molecule has 0 fully saturated rings. The summed E-state index contributed by atoms with van der Waals surface area (Å²) in [4.78, 5) is 93.3. The number of aromatic nitrogens is 16. The molecule has 12 N–H and O–H groups in total. The van der Waals surface area contributed by atoms with E-state index in [4.69, 9.17) is 102 Å². The Morgan fingerprint density at radius 1 is 0.343 bits per heavy atom. The molecule has 0 radical (unpaired) electrons. The highest BCUT2D eigenvalue weighted by atomic mass is 32.2. The van der Waals surface area contributed by atoms with Gasteiger partial charge in [-0.3, -0.25) is 75.5 Å². The van der Waals surface area contributed by atoms with Crippen molar-refractivity contribution in [1.29, 1.82) is 0 Å². The van der Waals surface area contributed by atoms with Gasteiger partial charge < -0.3 is 95.9 Å². The van der Waals surface area contributed by atoms with Gasteiger partial charge in [0, 0.05) is 32.4 Å². The molecule has 4 aromatic carbocycles. The van der Waals surface area contributed by atoms with Gasteiger partial charge in [0.1, 0.15) is 97.9 Å². The van der Waals surface area contributed by atoms with Crippen molar-refractivity contribution in [2.75, 3.05) is 81.0 Å². The summed E-state index contributed by atoms with van der Waals surface area (Å²) >= 11 is 0. The van der Waals surface area contributed by atoms with E-state index < -0.39 is 62.5 Å². The molecule has 47 nitrogen and oxygen atoms in total. The standard InChI is InChI=1S/C22H23N6O6P.C22H26N5O8PS.2C22H26N5O6P/c1-15-3-8-18(34-15)12-33-35(30,32-11-16-4-6-17(24-2)7-5-16)14-31-10-9-28-13-25-19-20(28)26-22(23)27-21(19)29;1-15-3-6-17(35-15)12-34-36(29,33-11-16-4-7-18(8-5-16)37(2,30)31)14-32-10-9-27-13-24-19-20(27)25-22(23)26-21(19)28;2*1-15-3-6-17(7-4-15)11-31-34(29,32-12-18-8-5-16(2)33-18)14-30-10-9-27-13-24-19-20(27)25-22(23)26-21(19)28/h3-8,13H,9-12,14H2,1H3,(H3,23,26,27,29);3-8,13H,9-12,14H2,1-2H3,(H3,23,25,26,28);2*3-8,13H,9-12,14H2,1-2H3,(H3,23,25,26,28). The van der Waals surface area contributed by atoms with Crippen molar-refractivity contribution < 1.29 is 99.5 Å². The normalized spacial score (nSPS) is 13.4. The third-order valence-corrected chi connectivity index (χ3v) is 27.3. The van der Waals surface area contributed by atoms with Gasteiger partial charge in [0.2, 0.25) is 23.8 Å². The van der Waals surface area contributed by atoms with Crippen molar-refractivity contribution in [3.63, 3.8) is 0 Å². The lowest BCUT2D eigenvalue weighted by atomic mass is 10.2. The summed E-state index contributed by atoms with van der Waals surface area (Å²) in [7, 11) is -18.0. The number of furan rings is 4. The van der Waals surface area contributed by atoms with Gasteiger partial charge in [0.15, 0.2) is 60.2 Å². The van der Waals surface area contributed by atoms with E-state index >= 15 is 0 Å². The lowest BCUT2D eigenvalue weighted by molar-refractivity contribution is 0.114. The number of nitrogens with one attached hydrogen (secondary N) is 4. The third-order valence-electron chi connectivity index (χ3n) is 20.0. The zero-order valence-electron chi connectivity index (χ0n) is 76.7. The van der Waals surface area contributed by atoms with Gasteiger partial charge in [0.25, 0.3) is 22.2 Å². The number of rotatable bonds is 45. The monoisotopic (exact) mass is 2020 g/mol. The highest BCUT2D eigenvalue weighted by Gasteiger charge is 2.32. The van der Waals surface area contributed by atoms with E-state index in [-0.39, 0.29) is 169 Å². The molecule has 4 unspecified atom stereocenters. The van der Waals surface area contributed by atoms with Crippen LogP contribution in [0.2, 0.25) is 0 Å². The Kier molecular flexibility index (Phi) is 35.5. The fourth-order valence-corrected chi connectivity index (χ4v) is 18.4. The SMILES string of the molecule is Cc1ccc(COP(=O)(COCCn2cnc3c(=O)[nH]c(N)nc32)OCc2ccc(C)o2)cc1.Cc1ccc(COP(=O)(COCCn2cnc3c(=O)[nH]c(N)nc32)OCc2ccc(C)o2)cc1.Cc1ccc(COP(=O)(COCCn2cnc3c(=O)[nH]c(N)nc32)OCc2ccc(S(C)(=O)=O)cc2)o1.[C-]#[N+]c1ccc(COP(=O)(COCCn2cnc3c(=O)[nH]c(N)nc32)OCc2ccc(C)o2)cc1. The number of hydrogen-bond acceptors (Lipinski definition) is 38. The van der Waals surface area contributed by atoms with Crippen molar-refractivity contribution in [2.24, 2.45) is 0 Å². The van der Waals surface area contributed by atoms with Crippen LogP contribution in [0, 0.1) is 48.1 Å². The molecule has 4 atom stereocenters. The van der Waals surface area contributed by atoms with Gasteiger partial charge in [0.05, 0.1) is 89.6 Å². The van der Waals surface area contributed by atoms with E-state index in [9.17, 15) is 45.9 Å². The van der Waals surface area contributed by atoms with Crippen molar-refractivity contribution in [3.05, 3.63) is 303 Å². The molecule has 12 heterocycles. The first-order valence-corrected chi connectivity index (χ1v) is 51.5. The highest BCUT2D eigenvalue weighted by Crippen LogP contribution is 2.53.